The number of nitrogen functional groups attached to an aromatic ring is 1. The van der Waals surface area contributed by atoms with Crippen LogP contribution in [0, 0.1) is 5.82 Å². The lowest BCUT2D eigenvalue weighted by atomic mass is 10.1. The molecular weight excluding hydrogens is 483 g/mol. The second-order valence-electron chi connectivity index (χ2n) is 9.30. The summed E-state index contributed by atoms with van der Waals surface area (Å²) in [5.41, 5.74) is 9.68. The summed E-state index contributed by atoms with van der Waals surface area (Å²) in [6.07, 6.45) is 8.79. The lowest BCUT2D eigenvalue weighted by Crippen LogP contribution is -2.00. The Hall–Kier alpha value is -4.53. The van der Waals surface area contributed by atoms with Crippen molar-refractivity contribution in [3.63, 3.8) is 0 Å². The molecule has 5 rings (SSSR count). The number of benzene rings is 2. The van der Waals surface area contributed by atoms with E-state index in [0.717, 1.165) is 46.4 Å². The Morgan fingerprint density at radius 2 is 1.68 bits per heavy atom. The zero-order valence-electron chi connectivity index (χ0n) is 21.6. The normalized spacial score (nSPS) is 11.3. The van der Waals surface area contributed by atoms with Crippen molar-refractivity contribution in [2.75, 3.05) is 5.73 Å². The molecule has 38 heavy (non-hydrogen) atoms. The van der Waals surface area contributed by atoms with E-state index in [1.165, 1.54) is 18.5 Å². The molecule has 0 amide bonds. The number of nitrogens with zero attached hydrogens (tertiary/aromatic N) is 5. The van der Waals surface area contributed by atoms with E-state index in [-0.39, 0.29) is 12.6 Å². The van der Waals surface area contributed by atoms with Crippen LogP contribution in [0.2, 0.25) is 0 Å². The third kappa shape index (κ3) is 5.41. The predicted molar refractivity (Wildman–Crippen MR) is 145 cm³/mol. The Balaban J connectivity index is 1.32. The molecule has 0 bridgehead atoms. The van der Waals surface area contributed by atoms with Crippen LogP contribution in [-0.4, -0.2) is 24.5 Å². The fourth-order valence-corrected chi connectivity index (χ4v) is 4.21. The quantitative estimate of drug-likeness (QED) is 0.240. The Labute approximate surface area is 220 Å². The number of fused-ring (bicyclic) bond motifs is 1. The van der Waals surface area contributed by atoms with Crippen molar-refractivity contribution >= 4 is 16.9 Å². The summed E-state index contributed by atoms with van der Waals surface area (Å²) in [4.78, 5) is 17.3. The lowest BCUT2D eigenvalue weighted by molar-refractivity contribution is 0.301. The molecule has 0 atom stereocenters. The molecule has 0 aliphatic rings. The highest BCUT2D eigenvalue weighted by Gasteiger charge is 2.16. The van der Waals surface area contributed by atoms with Crippen LogP contribution < -0.4 is 15.2 Å². The van der Waals surface area contributed by atoms with Crippen molar-refractivity contribution in [3.05, 3.63) is 84.6 Å². The van der Waals surface area contributed by atoms with Gasteiger partial charge in [0.1, 0.15) is 53.3 Å². The van der Waals surface area contributed by atoms with Gasteiger partial charge >= 0.3 is 0 Å². The summed E-state index contributed by atoms with van der Waals surface area (Å²) in [6.45, 7) is 6.48. The first-order valence-electron chi connectivity index (χ1n) is 12.5. The summed E-state index contributed by atoms with van der Waals surface area (Å²) in [7, 11) is 0. The fourth-order valence-electron chi connectivity index (χ4n) is 4.21. The van der Waals surface area contributed by atoms with Crippen molar-refractivity contribution in [3.8, 4) is 28.4 Å². The van der Waals surface area contributed by atoms with Crippen LogP contribution in [0.15, 0.2) is 67.4 Å². The maximum absolute atomic E-state index is 14.3. The van der Waals surface area contributed by atoms with E-state index < -0.39 is 5.82 Å². The van der Waals surface area contributed by atoms with Crippen LogP contribution in [-0.2, 0) is 13.0 Å². The van der Waals surface area contributed by atoms with Gasteiger partial charge in [0.25, 0.3) is 0 Å². The van der Waals surface area contributed by atoms with Gasteiger partial charge in [0.05, 0.1) is 5.39 Å². The molecule has 3 aromatic heterocycles. The zero-order valence-corrected chi connectivity index (χ0v) is 21.6. The smallest absolute Gasteiger partial charge is 0.146 e. The molecule has 194 valence electrons. The predicted octanol–water partition coefficient (Wildman–Crippen LogP) is 6.51. The van der Waals surface area contributed by atoms with Gasteiger partial charge in [-0.1, -0.05) is 19.1 Å². The molecule has 0 saturated carbocycles. The van der Waals surface area contributed by atoms with Gasteiger partial charge < -0.3 is 19.8 Å². The van der Waals surface area contributed by atoms with Crippen molar-refractivity contribution in [1.29, 1.82) is 0 Å². The minimum absolute atomic E-state index is 0.209. The van der Waals surface area contributed by atoms with Gasteiger partial charge in [-0.2, -0.15) is 0 Å². The molecule has 0 spiro atoms. The van der Waals surface area contributed by atoms with Crippen molar-refractivity contribution < 1.29 is 13.9 Å². The molecule has 2 N–H and O–H groups in total. The minimum Gasteiger partial charge on any atom is -0.489 e. The first-order chi connectivity index (χ1) is 18.4. The summed E-state index contributed by atoms with van der Waals surface area (Å²) in [5.74, 6) is 2.01. The molecule has 0 fully saturated rings. The summed E-state index contributed by atoms with van der Waals surface area (Å²) >= 11 is 0. The number of rotatable bonds is 9. The zero-order chi connectivity index (χ0) is 26.6. The van der Waals surface area contributed by atoms with Crippen LogP contribution in [0.5, 0.6) is 17.2 Å². The van der Waals surface area contributed by atoms with Crippen LogP contribution in [0.3, 0.4) is 0 Å². The van der Waals surface area contributed by atoms with Crippen molar-refractivity contribution in [2.24, 2.45) is 0 Å². The van der Waals surface area contributed by atoms with E-state index in [4.69, 9.17) is 15.2 Å². The van der Waals surface area contributed by atoms with Crippen molar-refractivity contribution in [1.82, 2.24) is 24.5 Å². The Morgan fingerprint density at radius 3 is 2.39 bits per heavy atom. The largest absolute Gasteiger partial charge is 0.489 e. The number of aromatic nitrogens is 5. The Morgan fingerprint density at radius 1 is 0.947 bits per heavy atom. The molecule has 0 aliphatic carbocycles. The monoisotopic (exact) mass is 512 g/mol. The Bertz CT molecular complexity index is 1550. The van der Waals surface area contributed by atoms with Crippen LogP contribution in [0.4, 0.5) is 10.2 Å². The fraction of sp³-hybridized carbons (Fsp3) is 0.241. The summed E-state index contributed by atoms with van der Waals surface area (Å²) < 4.78 is 28.1. The molecule has 0 radical (unpaired) electrons. The standard InChI is InChI=1S/C29H29FN6O2/c1-4-5-26-32-13-19(14-33-26)16-37-23-10-21(30)11-24(12-23)38-22-8-6-20(7-9-22)25-15-36(18(2)3)29-27(25)28(31)34-17-35-29/h6-15,17-18H,4-5,16H2,1-3H3,(H2,31,34,35). The van der Waals surface area contributed by atoms with E-state index in [9.17, 15) is 4.39 Å². The molecule has 0 aliphatic heterocycles. The van der Waals surface area contributed by atoms with Crippen LogP contribution >= 0.6 is 0 Å². The highest BCUT2D eigenvalue weighted by atomic mass is 19.1. The van der Waals surface area contributed by atoms with Crippen molar-refractivity contribution in [2.45, 2.75) is 46.3 Å². The molecule has 9 heteroatoms. The van der Waals surface area contributed by atoms with E-state index in [2.05, 4.69) is 45.3 Å². The first kappa shape index (κ1) is 25.1. The molecule has 8 nitrogen and oxygen atoms in total. The number of anilines is 1. The average Bonchev–Trinajstić information content (AvgIpc) is 3.30. The first-order valence-corrected chi connectivity index (χ1v) is 12.5. The molecule has 3 heterocycles. The van der Waals surface area contributed by atoms with Crippen LogP contribution in [0.1, 0.15) is 44.6 Å². The molecule has 5 aromatic rings. The van der Waals surface area contributed by atoms with Gasteiger partial charge in [-0.15, -0.1) is 0 Å². The number of halogens is 1. The SMILES string of the molecule is CCCc1ncc(COc2cc(F)cc(Oc3ccc(-c4cn(C(C)C)c5ncnc(N)c45)cc3)c2)cn1. The maximum atomic E-state index is 14.3. The maximum Gasteiger partial charge on any atom is 0.146 e. The topological polar surface area (TPSA) is 101 Å². The molecule has 0 saturated heterocycles. The summed E-state index contributed by atoms with van der Waals surface area (Å²) in [6, 6.07) is 12.0. The molecule has 0 unspecified atom stereocenters. The Kier molecular flexibility index (Phi) is 7.17. The van der Waals surface area contributed by atoms with E-state index >= 15 is 0 Å². The van der Waals surface area contributed by atoms with E-state index in [0.29, 0.717) is 23.1 Å². The third-order valence-corrected chi connectivity index (χ3v) is 6.08. The number of ether oxygens (including phenoxy) is 2. The number of nitrogens with two attached hydrogens (primary N) is 1. The minimum atomic E-state index is -0.458. The molecular formula is C29H29FN6O2. The van der Waals surface area contributed by atoms with Crippen LogP contribution in [0.25, 0.3) is 22.2 Å². The number of aryl methyl sites for hydroxylation is 1. The highest BCUT2D eigenvalue weighted by molar-refractivity contribution is 6.00. The van der Waals surface area contributed by atoms with Gasteiger partial charge in [0.2, 0.25) is 0 Å². The van der Waals surface area contributed by atoms with E-state index in [1.807, 2.05) is 30.5 Å². The molecule has 2 aromatic carbocycles. The van der Waals surface area contributed by atoms with Gasteiger partial charge in [0.15, 0.2) is 0 Å². The number of hydrogen-bond acceptors (Lipinski definition) is 7. The average molecular weight is 513 g/mol. The van der Waals surface area contributed by atoms with Gasteiger partial charge in [-0.3, -0.25) is 0 Å². The van der Waals surface area contributed by atoms with Gasteiger partial charge in [-0.05, 0) is 38.0 Å². The highest BCUT2D eigenvalue weighted by Crippen LogP contribution is 2.35. The number of hydrogen-bond donors (Lipinski definition) is 1. The second-order valence-corrected chi connectivity index (χ2v) is 9.30. The summed E-state index contributed by atoms with van der Waals surface area (Å²) in [5, 5.41) is 0.812. The second kappa shape index (κ2) is 10.8. The van der Waals surface area contributed by atoms with E-state index in [1.54, 1.807) is 18.5 Å². The third-order valence-electron chi connectivity index (χ3n) is 6.08. The lowest BCUT2D eigenvalue weighted by Gasteiger charge is -2.11. The van der Waals surface area contributed by atoms with Gasteiger partial charge in [0, 0.05) is 60.4 Å². The van der Waals surface area contributed by atoms with Gasteiger partial charge in [-0.25, -0.2) is 24.3 Å².